The summed E-state index contributed by atoms with van der Waals surface area (Å²) in [5.41, 5.74) is 4.86. The number of aryl methyl sites for hydroxylation is 2. The van der Waals surface area contributed by atoms with E-state index in [1.165, 1.54) is 92.2 Å². The van der Waals surface area contributed by atoms with Crippen molar-refractivity contribution in [3.63, 3.8) is 0 Å². The molecule has 202 valence electrons. The zero-order valence-electron chi connectivity index (χ0n) is 23.2. The number of nitrogens with one attached hydrogen (secondary N) is 1. The van der Waals surface area contributed by atoms with Gasteiger partial charge >= 0.3 is 0 Å². The molecule has 1 aliphatic carbocycles. The average Bonchev–Trinajstić information content (AvgIpc) is 3.36. The van der Waals surface area contributed by atoms with E-state index in [1.807, 2.05) is 11.9 Å². The van der Waals surface area contributed by atoms with Gasteiger partial charge in [0, 0.05) is 16.9 Å². The van der Waals surface area contributed by atoms with Gasteiger partial charge in [-0.15, -0.1) is 0 Å². The van der Waals surface area contributed by atoms with Crippen LogP contribution in [0.1, 0.15) is 55.2 Å². The maximum absolute atomic E-state index is 3.85. The third kappa shape index (κ3) is 6.43. The van der Waals surface area contributed by atoms with E-state index >= 15 is 0 Å². The summed E-state index contributed by atoms with van der Waals surface area (Å²) >= 11 is 1.81. The molecule has 1 aliphatic heterocycles. The fraction of sp³-hybridized carbons (Fsp3) is 0.389. The largest absolute Gasteiger partial charge is 0.303 e. The van der Waals surface area contributed by atoms with E-state index < -0.39 is 0 Å². The number of hydrogen-bond acceptors (Lipinski definition) is 3. The third-order valence-electron chi connectivity index (χ3n) is 9.34. The second kappa shape index (κ2) is 12.7. The van der Waals surface area contributed by atoms with Crippen LogP contribution in [0.25, 0.3) is 10.8 Å². The lowest BCUT2D eigenvalue weighted by molar-refractivity contribution is 0.162. The molecule has 0 saturated carbocycles. The summed E-state index contributed by atoms with van der Waals surface area (Å²) in [4.78, 5) is 4.08. The second-order valence-corrected chi connectivity index (χ2v) is 12.7. The highest BCUT2D eigenvalue weighted by Crippen LogP contribution is 2.42. The number of rotatable bonds is 11. The Morgan fingerprint density at radius 3 is 2.49 bits per heavy atom. The molecule has 1 saturated heterocycles. The van der Waals surface area contributed by atoms with Crippen LogP contribution in [-0.4, -0.2) is 31.1 Å². The van der Waals surface area contributed by atoms with Gasteiger partial charge in [-0.3, -0.25) is 4.72 Å². The molecule has 0 amide bonds. The van der Waals surface area contributed by atoms with Crippen LogP contribution in [-0.2, 0) is 18.3 Å². The normalized spacial score (nSPS) is 19.9. The fourth-order valence-electron chi connectivity index (χ4n) is 6.94. The van der Waals surface area contributed by atoms with Crippen molar-refractivity contribution < 1.29 is 0 Å². The first-order chi connectivity index (χ1) is 19.3. The Kier molecular flexibility index (Phi) is 8.68. The zero-order valence-corrected chi connectivity index (χ0v) is 24.0. The van der Waals surface area contributed by atoms with Gasteiger partial charge in [0.25, 0.3) is 0 Å². The van der Waals surface area contributed by atoms with E-state index in [1.54, 1.807) is 11.1 Å². The Morgan fingerprint density at radius 1 is 0.821 bits per heavy atom. The van der Waals surface area contributed by atoms with Crippen LogP contribution in [0.15, 0.2) is 102 Å². The molecular formula is C36H42N2S. The van der Waals surface area contributed by atoms with Crippen molar-refractivity contribution in [2.75, 3.05) is 26.2 Å². The maximum Gasteiger partial charge on any atom is 0.0306 e. The number of likely N-dealkylation sites (tertiary alicyclic amines) is 1. The van der Waals surface area contributed by atoms with Gasteiger partial charge in [0.15, 0.2) is 0 Å². The van der Waals surface area contributed by atoms with Crippen molar-refractivity contribution >= 4 is 22.7 Å². The first-order valence-corrected chi connectivity index (χ1v) is 15.8. The molecule has 2 nitrogen and oxygen atoms in total. The Balaban J connectivity index is 1.04. The fourth-order valence-corrected chi connectivity index (χ4v) is 7.89. The molecule has 1 atom stereocenters. The van der Waals surface area contributed by atoms with E-state index in [0.29, 0.717) is 0 Å². The van der Waals surface area contributed by atoms with Gasteiger partial charge < -0.3 is 4.90 Å². The maximum atomic E-state index is 3.85. The minimum absolute atomic E-state index is 0.223. The second-order valence-electron chi connectivity index (χ2n) is 11.8. The van der Waals surface area contributed by atoms with Crippen LogP contribution < -0.4 is 4.72 Å². The smallest absolute Gasteiger partial charge is 0.0306 e. The summed E-state index contributed by atoms with van der Waals surface area (Å²) in [5, 5.41) is 2.65. The van der Waals surface area contributed by atoms with Crippen molar-refractivity contribution in [1.82, 2.24) is 9.62 Å². The molecule has 1 heterocycles. The number of fused-ring (bicyclic) bond motifs is 2. The van der Waals surface area contributed by atoms with Crippen LogP contribution in [0.2, 0.25) is 0 Å². The van der Waals surface area contributed by atoms with Crippen molar-refractivity contribution in [3.8, 4) is 0 Å². The van der Waals surface area contributed by atoms with Crippen molar-refractivity contribution in [2.45, 2.75) is 61.7 Å². The molecular weight excluding hydrogens is 492 g/mol. The lowest BCUT2D eigenvalue weighted by Crippen LogP contribution is -2.40. The topological polar surface area (TPSA) is 15.3 Å². The average molecular weight is 535 g/mol. The quantitative estimate of drug-likeness (QED) is 0.194. The van der Waals surface area contributed by atoms with Gasteiger partial charge in [0.1, 0.15) is 0 Å². The molecule has 0 bridgehead atoms. The summed E-state index contributed by atoms with van der Waals surface area (Å²) in [7, 11) is 0. The van der Waals surface area contributed by atoms with Gasteiger partial charge in [-0.05, 0) is 116 Å². The first kappa shape index (κ1) is 26.6. The van der Waals surface area contributed by atoms with Crippen LogP contribution in [0.4, 0.5) is 0 Å². The minimum Gasteiger partial charge on any atom is -0.303 e. The van der Waals surface area contributed by atoms with E-state index in [9.17, 15) is 0 Å². The number of piperidine rings is 1. The Bertz CT molecular complexity index is 1340. The van der Waals surface area contributed by atoms with Crippen LogP contribution in [0.5, 0.6) is 0 Å². The van der Waals surface area contributed by atoms with Gasteiger partial charge in [0.2, 0.25) is 0 Å². The Hall–Kier alpha value is -2.59. The van der Waals surface area contributed by atoms with Gasteiger partial charge in [-0.25, -0.2) is 0 Å². The van der Waals surface area contributed by atoms with E-state index in [2.05, 4.69) is 107 Å². The van der Waals surface area contributed by atoms with E-state index in [0.717, 1.165) is 12.5 Å². The zero-order chi connectivity index (χ0) is 26.3. The highest BCUT2D eigenvalue weighted by Gasteiger charge is 2.38. The number of hydrogen-bond donors (Lipinski definition) is 1. The molecule has 0 aromatic heterocycles. The van der Waals surface area contributed by atoms with Gasteiger partial charge in [-0.2, -0.15) is 0 Å². The summed E-state index contributed by atoms with van der Waals surface area (Å²) in [6.45, 7) is 4.78. The number of benzene rings is 4. The molecule has 3 heteroatoms. The lowest BCUT2D eigenvalue weighted by atomic mass is 9.78. The van der Waals surface area contributed by atoms with Crippen molar-refractivity contribution in [3.05, 3.63) is 114 Å². The molecule has 39 heavy (non-hydrogen) atoms. The molecule has 1 N–H and O–H groups in total. The summed E-state index contributed by atoms with van der Waals surface area (Å²) in [6, 6.07) is 35.6. The lowest BCUT2D eigenvalue weighted by Gasteiger charge is -2.36. The Morgan fingerprint density at radius 2 is 1.59 bits per heavy atom. The molecule has 1 unspecified atom stereocenters. The van der Waals surface area contributed by atoms with Crippen molar-refractivity contribution in [2.24, 2.45) is 5.92 Å². The van der Waals surface area contributed by atoms with Crippen LogP contribution in [0.3, 0.4) is 0 Å². The van der Waals surface area contributed by atoms with Crippen molar-refractivity contribution in [1.29, 1.82) is 0 Å². The van der Waals surface area contributed by atoms with E-state index in [-0.39, 0.29) is 5.41 Å². The third-order valence-corrected chi connectivity index (χ3v) is 10.2. The molecule has 2 aliphatic rings. The highest BCUT2D eigenvalue weighted by molar-refractivity contribution is 7.97. The monoisotopic (exact) mass is 534 g/mol. The molecule has 4 aromatic rings. The molecule has 0 radical (unpaired) electrons. The summed E-state index contributed by atoms with van der Waals surface area (Å²) in [5.74, 6) is 0.907. The number of nitrogens with zero attached hydrogens (tertiary/aromatic N) is 1. The van der Waals surface area contributed by atoms with Gasteiger partial charge in [0.05, 0.1) is 0 Å². The standard InChI is InChI=1S/C36H42N2S/c1-2-10-29(11-3-1)12-8-13-30-21-25-38(26-22-30)27-24-36(23-20-32-15-5-7-18-34(32)36)28-37-39-35-19-9-16-31-14-4-6-17-33(31)35/h1-7,9-11,14-19,30,37H,8,12-13,20-28H2. The van der Waals surface area contributed by atoms with E-state index in [4.69, 9.17) is 0 Å². The minimum atomic E-state index is 0.223. The predicted octanol–water partition coefficient (Wildman–Crippen LogP) is 8.45. The van der Waals surface area contributed by atoms with Crippen LogP contribution >= 0.6 is 11.9 Å². The molecule has 0 spiro atoms. The van der Waals surface area contributed by atoms with Gasteiger partial charge in [-0.1, -0.05) is 97.4 Å². The first-order valence-electron chi connectivity index (χ1n) is 15.0. The molecule has 4 aromatic carbocycles. The molecule has 1 fully saturated rings. The predicted molar refractivity (Wildman–Crippen MR) is 167 cm³/mol. The summed E-state index contributed by atoms with van der Waals surface area (Å²) in [6.07, 6.45) is 10.4. The summed E-state index contributed by atoms with van der Waals surface area (Å²) < 4.78 is 3.85. The Labute approximate surface area is 239 Å². The molecule has 6 rings (SSSR count). The highest BCUT2D eigenvalue weighted by atomic mass is 32.2. The van der Waals surface area contributed by atoms with Crippen LogP contribution in [0, 0.1) is 5.92 Å². The SMILES string of the molecule is c1ccc(CCCC2CCN(CCC3(CNSc4cccc5ccccc45)CCc4ccccc43)CC2)cc1.